The zero-order chi connectivity index (χ0) is 11.3. The maximum Gasteiger partial charge on any atom is 0.180 e. The molecule has 0 aromatic heterocycles. The molecule has 0 aliphatic rings. The van der Waals surface area contributed by atoms with Crippen LogP contribution in [0.5, 0.6) is 0 Å². The van der Waals surface area contributed by atoms with Crippen LogP contribution in [-0.4, -0.2) is 21.8 Å². The average molecular weight is 252 g/mol. The number of rotatable bonds is 2. The highest BCUT2D eigenvalue weighted by molar-refractivity contribution is 6.63. The van der Waals surface area contributed by atoms with Gasteiger partial charge in [-0.1, -0.05) is 48.1 Å². The molecule has 0 radical (unpaired) electrons. The molecule has 0 aliphatic carbocycles. The average Bonchev–Trinajstić information content (AvgIpc) is 1.86. The second kappa shape index (κ2) is 18.3. The Hall–Kier alpha value is 0.500. The Bertz CT molecular complexity index is 88.6. The molecular formula is C8H17Cl3O2. The summed E-state index contributed by atoms with van der Waals surface area (Å²) < 4.78 is -0.750. The largest absolute Gasteiger partial charge is 0.396 e. The molecule has 0 atom stereocenters. The van der Waals surface area contributed by atoms with E-state index in [1.807, 2.05) is 0 Å². The van der Waals surface area contributed by atoms with Crippen LogP contribution in [0.2, 0.25) is 0 Å². The minimum atomic E-state index is -0.750. The lowest BCUT2D eigenvalue weighted by Gasteiger charge is -1.79. The smallest absolute Gasteiger partial charge is 0.180 e. The summed E-state index contributed by atoms with van der Waals surface area (Å²) in [5.74, 6) is 0.167. The Labute approximate surface area is 95.2 Å². The number of aliphatic hydroxyl groups excluding tert-OH is 1. The molecule has 2 nitrogen and oxygen atoms in total. The van der Waals surface area contributed by atoms with E-state index in [0.717, 1.165) is 12.8 Å². The van der Waals surface area contributed by atoms with Crippen LogP contribution >= 0.6 is 34.8 Å². The molecule has 82 valence electrons. The summed E-state index contributed by atoms with van der Waals surface area (Å²) in [6.07, 6.45) is 2.04. The zero-order valence-electron chi connectivity index (χ0n) is 8.19. The molecule has 0 rings (SSSR count). The highest BCUT2D eigenvalue weighted by atomic mass is 35.6. The van der Waals surface area contributed by atoms with Crippen molar-refractivity contribution >= 4 is 40.6 Å². The summed E-state index contributed by atoms with van der Waals surface area (Å²) in [5, 5.41) is 8.07. The van der Waals surface area contributed by atoms with Crippen molar-refractivity contribution in [2.45, 2.75) is 37.9 Å². The molecule has 0 saturated carbocycles. The molecular weight excluding hydrogens is 234 g/mol. The molecule has 0 aromatic rings. The third kappa shape index (κ3) is 220. The lowest BCUT2D eigenvalue weighted by Crippen LogP contribution is -1.75. The first-order chi connectivity index (χ1) is 5.88. The third-order valence-electron chi connectivity index (χ3n) is 0.512. The summed E-state index contributed by atoms with van der Waals surface area (Å²) in [5.41, 5.74) is 0. The van der Waals surface area contributed by atoms with E-state index in [1.54, 1.807) is 0 Å². The van der Waals surface area contributed by atoms with E-state index < -0.39 is 4.30 Å². The first-order valence-electron chi connectivity index (χ1n) is 3.88. The van der Waals surface area contributed by atoms with E-state index in [-0.39, 0.29) is 5.78 Å². The van der Waals surface area contributed by atoms with Gasteiger partial charge in [0, 0.05) is 6.61 Å². The maximum atomic E-state index is 9.44. The summed E-state index contributed by atoms with van der Waals surface area (Å²) in [6.45, 7) is 5.45. The van der Waals surface area contributed by atoms with Gasteiger partial charge in [-0.25, -0.2) is 0 Å². The molecule has 1 N–H and O–H groups in total. The second-order valence-corrected chi connectivity index (χ2v) is 4.21. The van der Waals surface area contributed by atoms with Gasteiger partial charge in [0.25, 0.3) is 0 Å². The van der Waals surface area contributed by atoms with Gasteiger partial charge in [0.1, 0.15) is 5.78 Å². The van der Waals surface area contributed by atoms with Gasteiger partial charge >= 0.3 is 0 Å². The van der Waals surface area contributed by atoms with E-state index in [1.165, 1.54) is 13.8 Å². The van der Waals surface area contributed by atoms with Gasteiger partial charge in [0.05, 0.1) is 0 Å². The van der Waals surface area contributed by atoms with E-state index in [0.29, 0.717) is 6.61 Å². The first-order valence-corrected chi connectivity index (χ1v) is 5.19. The molecule has 0 spiro atoms. The first kappa shape index (κ1) is 19.1. The molecule has 0 aliphatic heterocycles. The van der Waals surface area contributed by atoms with Crippen LogP contribution in [0.1, 0.15) is 33.6 Å². The number of aliphatic hydroxyl groups is 1. The van der Waals surface area contributed by atoms with Gasteiger partial charge in [0.15, 0.2) is 4.30 Å². The molecule has 5 heteroatoms. The fraction of sp³-hybridized carbons (Fsp3) is 0.875. The molecule has 13 heavy (non-hydrogen) atoms. The summed E-state index contributed by atoms with van der Waals surface area (Å²) >= 11 is 14.4. The minimum absolute atomic E-state index is 0.167. The molecule has 0 amide bonds. The highest BCUT2D eigenvalue weighted by Crippen LogP contribution is 2.03. The number of Topliss-reactive ketones (excluding diaryl/α,β-unsaturated/α-hetero) is 1. The molecule has 0 saturated heterocycles. The quantitative estimate of drug-likeness (QED) is 0.764. The van der Waals surface area contributed by atoms with Crippen molar-refractivity contribution in [1.82, 2.24) is 0 Å². The minimum Gasteiger partial charge on any atom is -0.396 e. The Balaban J connectivity index is -0.000000117. The monoisotopic (exact) mass is 250 g/mol. The van der Waals surface area contributed by atoms with E-state index in [2.05, 4.69) is 6.92 Å². The van der Waals surface area contributed by atoms with Crippen LogP contribution in [0.4, 0.5) is 0 Å². The molecule has 0 bridgehead atoms. The fourth-order valence-electron chi connectivity index (χ4n) is 0.158. The van der Waals surface area contributed by atoms with E-state index >= 15 is 0 Å². The number of alkyl halides is 3. The summed E-state index contributed by atoms with van der Waals surface area (Å²) in [6, 6.07) is 0. The van der Waals surface area contributed by atoms with Crippen molar-refractivity contribution in [2.24, 2.45) is 0 Å². The van der Waals surface area contributed by atoms with Gasteiger partial charge in [-0.3, -0.25) is 0 Å². The normalized spacial score (nSPS) is 8.00. The standard InChI is InChI=1S/C4H10O.C3H6O.CHCl3/c1-2-3-4-5;1-3(2)4;2-1(3)4/h5H,2-4H2,1H3;1-2H3;1H. The fourth-order valence-corrected chi connectivity index (χ4v) is 0.158. The number of halogens is 3. The predicted molar refractivity (Wildman–Crippen MR) is 59.7 cm³/mol. The van der Waals surface area contributed by atoms with Crippen molar-refractivity contribution in [3.05, 3.63) is 0 Å². The number of unbranched alkanes of at least 4 members (excludes halogenated alkanes) is 1. The number of hydrogen-bond acceptors (Lipinski definition) is 2. The molecule has 0 fully saturated rings. The van der Waals surface area contributed by atoms with Crippen LogP contribution < -0.4 is 0 Å². The predicted octanol–water partition coefficient (Wildman–Crippen LogP) is 3.36. The van der Waals surface area contributed by atoms with Crippen LogP contribution in [0.15, 0.2) is 0 Å². The summed E-state index contributed by atoms with van der Waals surface area (Å²) in [4.78, 5) is 9.44. The Morgan fingerprint density at radius 1 is 1.31 bits per heavy atom. The lowest BCUT2D eigenvalue weighted by atomic mass is 10.4. The van der Waals surface area contributed by atoms with Crippen molar-refractivity contribution in [3.63, 3.8) is 0 Å². The second-order valence-electron chi connectivity index (χ2n) is 2.23. The van der Waals surface area contributed by atoms with Crippen LogP contribution in [0.3, 0.4) is 0 Å². The Morgan fingerprint density at radius 3 is 1.54 bits per heavy atom. The highest BCUT2D eigenvalue weighted by Gasteiger charge is 1.78. The van der Waals surface area contributed by atoms with Gasteiger partial charge in [-0.15, -0.1) is 0 Å². The molecule has 0 unspecified atom stereocenters. The summed E-state index contributed by atoms with van der Waals surface area (Å²) in [7, 11) is 0. The number of carbonyl (C=O) groups excluding carboxylic acids is 1. The van der Waals surface area contributed by atoms with Gasteiger partial charge in [-0.2, -0.15) is 0 Å². The van der Waals surface area contributed by atoms with Crippen molar-refractivity contribution in [3.8, 4) is 0 Å². The number of hydrogen-bond donors (Lipinski definition) is 1. The Kier molecular flexibility index (Phi) is 27.0. The Morgan fingerprint density at radius 2 is 1.54 bits per heavy atom. The van der Waals surface area contributed by atoms with Crippen LogP contribution in [0, 0.1) is 0 Å². The van der Waals surface area contributed by atoms with Gasteiger partial charge < -0.3 is 9.90 Å². The van der Waals surface area contributed by atoms with Crippen molar-refractivity contribution < 1.29 is 9.90 Å². The topological polar surface area (TPSA) is 37.3 Å². The molecule has 0 heterocycles. The third-order valence-corrected chi connectivity index (χ3v) is 0.512. The van der Waals surface area contributed by atoms with E-state index in [4.69, 9.17) is 39.9 Å². The SMILES string of the molecule is CC(C)=O.CCCCO.ClC(Cl)Cl. The number of carbonyl (C=O) groups is 1. The van der Waals surface area contributed by atoms with Gasteiger partial charge in [-0.05, 0) is 20.3 Å². The van der Waals surface area contributed by atoms with E-state index in [9.17, 15) is 4.79 Å². The number of ketones is 1. The van der Waals surface area contributed by atoms with Crippen molar-refractivity contribution in [1.29, 1.82) is 0 Å². The lowest BCUT2D eigenvalue weighted by molar-refractivity contribution is -0.114. The zero-order valence-corrected chi connectivity index (χ0v) is 10.5. The van der Waals surface area contributed by atoms with Gasteiger partial charge in [0.2, 0.25) is 0 Å². The molecule has 0 aromatic carbocycles. The maximum absolute atomic E-state index is 9.44. The van der Waals surface area contributed by atoms with Crippen LogP contribution in [-0.2, 0) is 4.79 Å². The van der Waals surface area contributed by atoms with Crippen molar-refractivity contribution in [2.75, 3.05) is 6.61 Å². The van der Waals surface area contributed by atoms with Crippen LogP contribution in [0.25, 0.3) is 0 Å².